The molecule has 46 heavy (non-hydrogen) atoms. The fraction of sp³-hybridized carbons (Fsp3) is 0.244. The first-order chi connectivity index (χ1) is 22.0. The van der Waals surface area contributed by atoms with Gasteiger partial charge in [0.25, 0.3) is 0 Å². The van der Waals surface area contributed by atoms with Crippen molar-refractivity contribution < 1.29 is 28.4 Å². The van der Waals surface area contributed by atoms with E-state index >= 15 is 0 Å². The summed E-state index contributed by atoms with van der Waals surface area (Å²) in [6.07, 6.45) is 0. The van der Waals surface area contributed by atoms with Gasteiger partial charge in [0.2, 0.25) is 0 Å². The molecule has 0 aliphatic carbocycles. The number of hydrogen-bond donors (Lipinski definition) is 0. The number of ether oxygens (including phenoxy) is 2. The van der Waals surface area contributed by atoms with Crippen LogP contribution in [-0.2, 0) is 18.9 Å². The zero-order valence-electron chi connectivity index (χ0n) is 28.1. The molecule has 0 unspecified atom stereocenters. The monoisotopic (exact) mass is 728 g/mol. The normalized spacial score (nSPS) is 10.8. The molecule has 0 fully saturated rings. The molecule has 0 N–H and O–H groups in total. The minimum atomic E-state index is -1.84. The van der Waals surface area contributed by atoms with Crippen molar-refractivity contribution in [3.05, 3.63) is 120 Å². The Bertz CT molecular complexity index is 1740. The van der Waals surface area contributed by atoms with Gasteiger partial charge in [-0.25, -0.2) is 0 Å². The Morgan fingerprint density at radius 3 is 1.22 bits per heavy atom. The molecular weight excluding hydrogens is 687 g/mol. The first-order valence-corrected chi connectivity index (χ1v) is 23.2. The van der Waals surface area contributed by atoms with Crippen LogP contribution in [0.4, 0.5) is 0 Å². The Hall–Kier alpha value is -2.97. The quantitative estimate of drug-likeness (QED) is 0.159. The van der Waals surface area contributed by atoms with Gasteiger partial charge in [-0.3, -0.25) is 0 Å². The van der Waals surface area contributed by atoms with Gasteiger partial charge in [0.1, 0.15) is 11.5 Å². The van der Waals surface area contributed by atoms with Crippen molar-refractivity contribution in [1.29, 1.82) is 0 Å². The van der Waals surface area contributed by atoms with Gasteiger partial charge in [-0.1, -0.05) is 75.2 Å². The molecule has 0 saturated heterocycles. The van der Waals surface area contributed by atoms with Crippen LogP contribution in [0.3, 0.4) is 0 Å². The Balaban J connectivity index is 0.000000178. The van der Waals surface area contributed by atoms with Gasteiger partial charge in [-0.2, -0.15) is 12.1 Å². The first kappa shape index (κ1) is 35.9. The van der Waals surface area contributed by atoms with Crippen molar-refractivity contribution in [3.8, 4) is 33.8 Å². The van der Waals surface area contributed by atoms with E-state index in [9.17, 15) is 0 Å². The topological polar surface area (TPSA) is 18.5 Å². The van der Waals surface area contributed by atoms with E-state index in [1.807, 2.05) is 38.1 Å². The van der Waals surface area contributed by atoms with Crippen LogP contribution in [0.15, 0.2) is 109 Å². The molecule has 0 aromatic heterocycles. The van der Waals surface area contributed by atoms with Crippen LogP contribution >= 0.6 is 17.0 Å². The number of halogens is 2. The van der Waals surface area contributed by atoms with Gasteiger partial charge in [-0.15, -0.1) is 69.1 Å². The standard InChI is InChI=1S/2C19H19O.C3H6.2ClH.Zr/c2*1-13(2)16-11-15-5-4-6-18(19(15)12-16)14-7-9-17(20-3)10-8-14;1-3-2;;;/h2*4-13H,1-3H3;1-2H3;2*1H;/q2*-1;;;;+2/p-2. The molecular formula is C41H44Cl2O2Zr-2. The Kier molecular flexibility index (Phi) is 13.1. The average Bonchev–Trinajstić information content (AvgIpc) is 3.71. The van der Waals surface area contributed by atoms with E-state index in [1.165, 1.54) is 58.1 Å². The second-order valence-electron chi connectivity index (χ2n) is 12.2. The summed E-state index contributed by atoms with van der Waals surface area (Å²) in [6, 6.07) is 38.8. The second-order valence-corrected chi connectivity index (χ2v) is 21.6. The maximum absolute atomic E-state index is 5.54. The van der Waals surface area contributed by atoms with Crippen LogP contribution in [0.5, 0.6) is 11.5 Å². The van der Waals surface area contributed by atoms with Crippen molar-refractivity contribution in [3.63, 3.8) is 0 Å². The van der Waals surface area contributed by atoms with Crippen LogP contribution in [0.25, 0.3) is 43.8 Å². The molecule has 6 aromatic carbocycles. The van der Waals surface area contributed by atoms with E-state index in [2.05, 4.69) is 113 Å². The van der Waals surface area contributed by atoms with Crippen LogP contribution in [0.1, 0.15) is 64.5 Å². The summed E-state index contributed by atoms with van der Waals surface area (Å²) in [5.74, 6) is 2.91. The Morgan fingerprint density at radius 1 is 0.587 bits per heavy atom. The second kappa shape index (κ2) is 16.7. The molecule has 6 rings (SSSR count). The molecule has 240 valence electrons. The van der Waals surface area contributed by atoms with Crippen LogP contribution < -0.4 is 9.47 Å². The zero-order chi connectivity index (χ0) is 33.4. The van der Waals surface area contributed by atoms with Crippen LogP contribution in [0, 0.1) is 0 Å². The van der Waals surface area contributed by atoms with Gasteiger partial charge in [0.05, 0.1) is 14.2 Å². The molecule has 0 spiro atoms. The van der Waals surface area contributed by atoms with Gasteiger partial charge in [0, 0.05) is 0 Å². The van der Waals surface area contributed by atoms with E-state index in [0.29, 0.717) is 11.8 Å². The van der Waals surface area contributed by atoms with Gasteiger partial charge >= 0.3 is 53.0 Å². The molecule has 0 radical (unpaired) electrons. The Labute approximate surface area is 289 Å². The summed E-state index contributed by atoms with van der Waals surface area (Å²) in [6.45, 7) is 12.9. The number of fused-ring (bicyclic) bond motifs is 2. The molecule has 0 amide bonds. The molecule has 6 aromatic rings. The molecule has 0 bridgehead atoms. The molecule has 0 aliphatic heterocycles. The molecule has 0 atom stereocenters. The first-order valence-electron chi connectivity index (χ1n) is 15.7. The third-order valence-electron chi connectivity index (χ3n) is 8.06. The third-order valence-corrected chi connectivity index (χ3v) is 14.4. The SMILES string of the molecule is COc1ccc(-c2cccc3[cH-]c(C(C)C)cc23)cc1.COc1ccc(-c2cccc3[cH-]c(C(C)C)cc23)cc1.C[C](C)=[Zr]([Cl])[Cl]. The maximum atomic E-state index is 5.54. The van der Waals surface area contributed by atoms with E-state index in [1.54, 1.807) is 14.2 Å². The van der Waals surface area contributed by atoms with E-state index < -0.39 is 18.9 Å². The van der Waals surface area contributed by atoms with Gasteiger partial charge < -0.3 is 9.47 Å². The number of methoxy groups -OCH3 is 2. The van der Waals surface area contributed by atoms with Crippen LogP contribution in [-0.4, -0.2) is 17.4 Å². The van der Waals surface area contributed by atoms with Crippen molar-refractivity contribution in [2.45, 2.75) is 53.4 Å². The molecule has 5 heteroatoms. The summed E-state index contributed by atoms with van der Waals surface area (Å²) < 4.78 is 11.7. The van der Waals surface area contributed by atoms with Crippen molar-refractivity contribution in [2.24, 2.45) is 0 Å². The predicted molar refractivity (Wildman–Crippen MR) is 199 cm³/mol. The van der Waals surface area contributed by atoms with Gasteiger partial charge in [-0.05, 0) is 47.2 Å². The predicted octanol–water partition coefficient (Wildman–Crippen LogP) is 12.8. The zero-order valence-corrected chi connectivity index (χ0v) is 32.1. The number of hydrogen-bond acceptors (Lipinski definition) is 2. The number of benzene rings is 4. The summed E-state index contributed by atoms with van der Waals surface area (Å²) in [5, 5.41) is 5.31. The average molecular weight is 731 g/mol. The molecule has 0 saturated carbocycles. The van der Waals surface area contributed by atoms with E-state index in [0.717, 1.165) is 11.5 Å². The fourth-order valence-corrected chi connectivity index (χ4v) is 5.23. The van der Waals surface area contributed by atoms with Crippen molar-refractivity contribution in [2.75, 3.05) is 14.2 Å². The van der Waals surface area contributed by atoms with Gasteiger partial charge in [0.15, 0.2) is 0 Å². The molecule has 2 nitrogen and oxygen atoms in total. The molecule has 0 aliphatic rings. The third kappa shape index (κ3) is 9.09. The Morgan fingerprint density at radius 2 is 0.935 bits per heavy atom. The van der Waals surface area contributed by atoms with Crippen LogP contribution in [0.2, 0.25) is 0 Å². The summed E-state index contributed by atoms with van der Waals surface area (Å²) in [5.41, 5.74) is 7.85. The number of rotatable bonds is 6. The van der Waals surface area contributed by atoms with Crippen molar-refractivity contribution in [1.82, 2.24) is 0 Å². The minimum absolute atomic E-state index is 0.561. The van der Waals surface area contributed by atoms with E-state index in [4.69, 9.17) is 26.5 Å². The summed E-state index contributed by atoms with van der Waals surface area (Å²) in [4.78, 5) is 0. The summed E-state index contributed by atoms with van der Waals surface area (Å²) >= 11 is -1.84. The molecule has 0 heterocycles. The van der Waals surface area contributed by atoms with Crippen molar-refractivity contribution >= 4 is 41.8 Å². The fourth-order valence-electron chi connectivity index (χ4n) is 5.23. The van der Waals surface area contributed by atoms with E-state index in [-0.39, 0.29) is 0 Å². The summed E-state index contributed by atoms with van der Waals surface area (Å²) in [7, 11) is 14.5.